The number of rotatable bonds is 7. The number of Topliss-reactive ketones (excluding diaryl/α,β-unsaturated/α-hetero) is 1. The second kappa shape index (κ2) is 8.67. The molecule has 3 rings (SSSR count). The standard InChI is InChI=1S/C23H23NO5S/c1-16-13-21(17(2)24(16)14-18-7-5-4-6-8-18)22(25)15-29-23(26)19-9-11-20(12-10-19)30(3,27)28/h4-13H,14-15H2,1-3H3. The molecule has 0 atom stereocenters. The molecule has 0 aliphatic rings. The number of nitrogens with zero attached hydrogens (tertiary/aromatic N) is 1. The fraction of sp³-hybridized carbons (Fsp3) is 0.217. The molecule has 0 radical (unpaired) electrons. The van der Waals surface area contributed by atoms with Gasteiger partial charge in [0.15, 0.2) is 16.4 Å². The third-order valence-electron chi connectivity index (χ3n) is 4.91. The number of benzene rings is 2. The van der Waals surface area contributed by atoms with Gasteiger partial charge in [-0.25, -0.2) is 13.2 Å². The van der Waals surface area contributed by atoms with E-state index in [-0.39, 0.29) is 22.8 Å². The van der Waals surface area contributed by atoms with Gasteiger partial charge in [0.05, 0.1) is 10.5 Å². The molecule has 0 bridgehead atoms. The Labute approximate surface area is 176 Å². The summed E-state index contributed by atoms with van der Waals surface area (Å²) in [6.07, 6.45) is 1.09. The minimum Gasteiger partial charge on any atom is -0.454 e. The van der Waals surface area contributed by atoms with Gasteiger partial charge in [-0.2, -0.15) is 0 Å². The fourth-order valence-electron chi connectivity index (χ4n) is 3.22. The smallest absolute Gasteiger partial charge is 0.338 e. The molecular weight excluding hydrogens is 402 g/mol. The highest BCUT2D eigenvalue weighted by Crippen LogP contribution is 2.18. The Hall–Kier alpha value is -3.19. The minimum absolute atomic E-state index is 0.112. The molecule has 7 heteroatoms. The highest BCUT2D eigenvalue weighted by Gasteiger charge is 2.18. The van der Waals surface area contributed by atoms with Crippen molar-refractivity contribution in [3.8, 4) is 0 Å². The van der Waals surface area contributed by atoms with Crippen molar-refractivity contribution < 1.29 is 22.7 Å². The normalized spacial score (nSPS) is 11.3. The Kier molecular flexibility index (Phi) is 6.22. The maximum absolute atomic E-state index is 12.6. The first-order valence-electron chi connectivity index (χ1n) is 9.38. The van der Waals surface area contributed by atoms with Crippen LogP contribution in [-0.2, 0) is 21.1 Å². The van der Waals surface area contributed by atoms with Crippen molar-refractivity contribution in [1.82, 2.24) is 4.57 Å². The Morgan fingerprint density at radius 2 is 1.60 bits per heavy atom. The van der Waals surface area contributed by atoms with Gasteiger partial charge < -0.3 is 9.30 Å². The lowest BCUT2D eigenvalue weighted by atomic mass is 10.1. The van der Waals surface area contributed by atoms with Crippen LogP contribution < -0.4 is 0 Å². The van der Waals surface area contributed by atoms with Crippen LogP contribution in [0, 0.1) is 13.8 Å². The summed E-state index contributed by atoms with van der Waals surface area (Å²) in [7, 11) is -3.34. The van der Waals surface area contributed by atoms with E-state index in [1.807, 2.05) is 48.7 Å². The summed E-state index contributed by atoms with van der Waals surface area (Å²) in [6, 6.07) is 17.2. The molecule has 0 spiro atoms. The van der Waals surface area contributed by atoms with E-state index in [1.54, 1.807) is 6.07 Å². The molecule has 0 aliphatic heterocycles. The molecule has 0 N–H and O–H groups in total. The number of ketones is 1. The predicted octanol–water partition coefficient (Wildman–Crippen LogP) is 3.60. The first kappa shape index (κ1) is 21.5. The molecule has 0 amide bonds. The fourth-order valence-corrected chi connectivity index (χ4v) is 3.85. The van der Waals surface area contributed by atoms with Crippen molar-refractivity contribution in [2.24, 2.45) is 0 Å². The number of hydrogen-bond acceptors (Lipinski definition) is 5. The van der Waals surface area contributed by atoms with Crippen LogP contribution in [0.5, 0.6) is 0 Å². The van der Waals surface area contributed by atoms with Gasteiger partial charge in [0, 0.05) is 29.8 Å². The summed E-state index contributed by atoms with van der Waals surface area (Å²) >= 11 is 0. The molecule has 0 aliphatic carbocycles. The SMILES string of the molecule is Cc1cc(C(=O)COC(=O)c2ccc(S(C)(=O)=O)cc2)c(C)n1Cc1ccccc1. The van der Waals surface area contributed by atoms with E-state index in [1.165, 1.54) is 24.3 Å². The van der Waals surface area contributed by atoms with E-state index in [2.05, 4.69) is 0 Å². The van der Waals surface area contributed by atoms with Crippen LogP contribution in [0.2, 0.25) is 0 Å². The van der Waals surface area contributed by atoms with Gasteiger partial charge in [-0.1, -0.05) is 30.3 Å². The average molecular weight is 426 g/mol. The molecule has 1 heterocycles. The van der Waals surface area contributed by atoms with Gasteiger partial charge in [-0.3, -0.25) is 4.79 Å². The number of sulfone groups is 1. The zero-order valence-electron chi connectivity index (χ0n) is 17.1. The van der Waals surface area contributed by atoms with Crippen molar-refractivity contribution >= 4 is 21.6 Å². The summed E-state index contributed by atoms with van der Waals surface area (Å²) in [6.45, 7) is 4.07. The number of aromatic nitrogens is 1. The molecule has 1 aromatic heterocycles. The Morgan fingerprint density at radius 3 is 2.20 bits per heavy atom. The Balaban J connectivity index is 1.68. The monoisotopic (exact) mass is 425 g/mol. The Morgan fingerprint density at radius 1 is 0.967 bits per heavy atom. The zero-order chi connectivity index (χ0) is 21.9. The zero-order valence-corrected chi connectivity index (χ0v) is 17.9. The van der Waals surface area contributed by atoms with Gasteiger partial charge in [0.2, 0.25) is 5.78 Å². The van der Waals surface area contributed by atoms with Crippen molar-refractivity contribution in [3.63, 3.8) is 0 Å². The topological polar surface area (TPSA) is 82.4 Å². The van der Waals surface area contributed by atoms with E-state index >= 15 is 0 Å². The van der Waals surface area contributed by atoms with Crippen molar-refractivity contribution in [3.05, 3.63) is 88.7 Å². The van der Waals surface area contributed by atoms with E-state index in [0.717, 1.165) is 23.2 Å². The summed E-state index contributed by atoms with van der Waals surface area (Å²) in [4.78, 5) is 25.0. The minimum atomic E-state index is -3.34. The molecular formula is C23H23NO5S. The van der Waals surface area contributed by atoms with E-state index in [0.29, 0.717) is 12.1 Å². The van der Waals surface area contributed by atoms with Gasteiger partial charge in [-0.05, 0) is 49.7 Å². The summed E-state index contributed by atoms with van der Waals surface area (Å²) in [5.74, 6) is -0.968. The highest BCUT2D eigenvalue weighted by molar-refractivity contribution is 7.90. The summed E-state index contributed by atoms with van der Waals surface area (Å²) in [5.41, 5.74) is 3.59. The second-order valence-corrected chi connectivity index (χ2v) is 9.17. The van der Waals surface area contributed by atoms with Crippen LogP contribution in [0.1, 0.15) is 37.7 Å². The van der Waals surface area contributed by atoms with Crippen LogP contribution in [0.25, 0.3) is 0 Å². The van der Waals surface area contributed by atoms with Gasteiger partial charge in [0.1, 0.15) is 0 Å². The lowest BCUT2D eigenvalue weighted by Gasteiger charge is -2.10. The van der Waals surface area contributed by atoms with E-state index in [4.69, 9.17) is 4.74 Å². The molecule has 6 nitrogen and oxygen atoms in total. The molecule has 0 unspecified atom stereocenters. The third kappa shape index (κ3) is 4.86. The van der Waals surface area contributed by atoms with Crippen LogP contribution in [-0.4, -0.2) is 37.6 Å². The first-order valence-corrected chi connectivity index (χ1v) is 11.3. The average Bonchev–Trinajstić information content (AvgIpc) is 3.00. The third-order valence-corrected chi connectivity index (χ3v) is 6.04. The molecule has 30 heavy (non-hydrogen) atoms. The maximum Gasteiger partial charge on any atom is 0.338 e. The molecule has 2 aromatic carbocycles. The number of carbonyl (C=O) groups is 2. The maximum atomic E-state index is 12.6. The predicted molar refractivity (Wildman–Crippen MR) is 114 cm³/mol. The number of ether oxygens (including phenoxy) is 1. The van der Waals surface area contributed by atoms with E-state index < -0.39 is 15.8 Å². The molecule has 0 fully saturated rings. The van der Waals surface area contributed by atoms with Crippen molar-refractivity contribution in [1.29, 1.82) is 0 Å². The van der Waals surface area contributed by atoms with E-state index in [9.17, 15) is 18.0 Å². The molecule has 156 valence electrons. The van der Waals surface area contributed by atoms with Crippen LogP contribution in [0.4, 0.5) is 0 Å². The van der Waals surface area contributed by atoms with Crippen molar-refractivity contribution in [2.75, 3.05) is 12.9 Å². The molecule has 3 aromatic rings. The summed E-state index contributed by atoms with van der Waals surface area (Å²) in [5, 5.41) is 0. The largest absolute Gasteiger partial charge is 0.454 e. The quantitative estimate of drug-likeness (QED) is 0.427. The van der Waals surface area contributed by atoms with Gasteiger partial charge in [0.25, 0.3) is 0 Å². The first-order chi connectivity index (χ1) is 14.2. The van der Waals surface area contributed by atoms with Crippen LogP contribution >= 0.6 is 0 Å². The Bertz CT molecular complexity index is 1180. The lowest BCUT2D eigenvalue weighted by Crippen LogP contribution is -2.15. The summed E-state index contributed by atoms with van der Waals surface area (Å²) < 4.78 is 30.2. The second-order valence-electron chi connectivity index (χ2n) is 7.15. The number of carbonyl (C=O) groups excluding carboxylic acids is 2. The number of hydrogen-bond donors (Lipinski definition) is 0. The number of aryl methyl sites for hydroxylation is 1. The van der Waals surface area contributed by atoms with Gasteiger partial charge >= 0.3 is 5.97 Å². The molecule has 0 saturated heterocycles. The number of esters is 1. The van der Waals surface area contributed by atoms with Crippen LogP contribution in [0.3, 0.4) is 0 Å². The van der Waals surface area contributed by atoms with Crippen LogP contribution in [0.15, 0.2) is 65.6 Å². The highest BCUT2D eigenvalue weighted by atomic mass is 32.2. The lowest BCUT2D eigenvalue weighted by molar-refractivity contribution is 0.0474. The van der Waals surface area contributed by atoms with Gasteiger partial charge in [-0.15, -0.1) is 0 Å². The van der Waals surface area contributed by atoms with Crippen molar-refractivity contribution in [2.45, 2.75) is 25.3 Å². The molecule has 0 saturated carbocycles.